The lowest BCUT2D eigenvalue weighted by molar-refractivity contribution is 0.315. The fourth-order valence-corrected chi connectivity index (χ4v) is 2.28. The Morgan fingerprint density at radius 2 is 2.06 bits per heavy atom. The van der Waals surface area contributed by atoms with Crippen molar-refractivity contribution in [3.63, 3.8) is 0 Å². The minimum atomic E-state index is -2.97. The van der Waals surface area contributed by atoms with Gasteiger partial charge in [-0.2, -0.15) is 0 Å². The zero-order valence-corrected chi connectivity index (χ0v) is 11.2. The third kappa shape index (κ3) is 5.01. The summed E-state index contributed by atoms with van der Waals surface area (Å²) in [5.74, 6) is 0.186. The number of sulfone groups is 1. The van der Waals surface area contributed by atoms with Gasteiger partial charge in [0.25, 0.3) is 0 Å². The summed E-state index contributed by atoms with van der Waals surface area (Å²) in [6.07, 6.45) is 0.393. The zero-order valence-electron chi connectivity index (χ0n) is 10.4. The Kier molecular flexibility index (Phi) is 5.55. The van der Waals surface area contributed by atoms with Crippen LogP contribution < -0.4 is 10.5 Å². The molecule has 0 spiro atoms. The number of hydrogen-bond acceptors (Lipinski definition) is 4. The number of halogens is 1. The second-order valence-corrected chi connectivity index (χ2v) is 6.41. The van der Waals surface area contributed by atoms with Crippen molar-refractivity contribution in [2.75, 3.05) is 18.1 Å². The Labute approximate surface area is 107 Å². The van der Waals surface area contributed by atoms with Crippen LogP contribution in [-0.4, -0.2) is 26.5 Å². The predicted molar refractivity (Wildman–Crippen MR) is 68.7 cm³/mol. The summed E-state index contributed by atoms with van der Waals surface area (Å²) in [6, 6.07) is 4.25. The summed E-state index contributed by atoms with van der Waals surface area (Å²) in [7, 11) is -2.97. The van der Waals surface area contributed by atoms with Crippen LogP contribution in [0.4, 0.5) is 4.39 Å². The van der Waals surface area contributed by atoms with E-state index in [9.17, 15) is 12.8 Å². The molecular weight excluding hydrogens is 257 g/mol. The van der Waals surface area contributed by atoms with Gasteiger partial charge in [-0.1, -0.05) is 6.92 Å². The number of benzene rings is 1. The van der Waals surface area contributed by atoms with Crippen molar-refractivity contribution < 1.29 is 17.5 Å². The van der Waals surface area contributed by atoms with E-state index in [4.69, 9.17) is 10.5 Å². The van der Waals surface area contributed by atoms with Crippen LogP contribution in [0, 0.1) is 5.82 Å². The zero-order chi connectivity index (χ0) is 13.6. The average Bonchev–Trinajstić information content (AvgIpc) is 2.34. The minimum absolute atomic E-state index is 0.0859. The van der Waals surface area contributed by atoms with Crippen molar-refractivity contribution in [2.45, 2.75) is 19.9 Å². The largest absolute Gasteiger partial charge is 0.493 e. The first-order chi connectivity index (χ1) is 8.46. The van der Waals surface area contributed by atoms with Gasteiger partial charge in [0, 0.05) is 18.4 Å². The van der Waals surface area contributed by atoms with Crippen LogP contribution >= 0.6 is 0 Å². The molecule has 0 bridgehead atoms. The van der Waals surface area contributed by atoms with Gasteiger partial charge >= 0.3 is 0 Å². The molecule has 1 aromatic carbocycles. The van der Waals surface area contributed by atoms with Crippen LogP contribution in [-0.2, 0) is 16.4 Å². The summed E-state index contributed by atoms with van der Waals surface area (Å²) in [6.45, 7) is 2.08. The fourth-order valence-electron chi connectivity index (χ4n) is 1.44. The molecule has 1 aromatic rings. The van der Waals surface area contributed by atoms with E-state index in [1.54, 1.807) is 13.0 Å². The van der Waals surface area contributed by atoms with E-state index in [0.717, 1.165) is 0 Å². The molecule has 4 nitrogen and oxygen atoms in total. The maximum atomic E-state index is 13.1. The van der Waals surface area contributed by atoms with Gasteiger partial charge in [-0.25, -0.2) is 12.8 Å². The molecule has 0 aliphatic rings. The molecule has 0 aliphatic heterocycles. The number of ether oxygens (including phenoxy) is 1. The summed E-state index contributed by atoms with van der Waals surface area (Å²) >= 11 is 0. The van der Waals surface area contributed by atoms with Crippen molar-refractivity contribution in [3.8, 4) is 5.75 Å². The second kappa shape index (κ2) is 6.70. The first-order valence-corrected chi connectivity index (χ1v) is 7.61. The molecule has 0 aliphatic carbocycles. The van der Waals surface area contributed by atoms with Crippen molar-refractivity contribution in [1.29, 1.82) is 0 Å². The molecule has 2 N–H and O–H groups in total. The number of nitrogens with two attached hydrogens (primary N) is 1. The summed E-state index contributed by atoms with van der Waals surface area (Å²) in [4.78, 5) is 0. The van der Waals surface area contributed by atoms with Crippen molar-refractivity contribution in [1.82, 2.24) is 0 Å². The molecule has 0 radical (unpaired) electrons. The molecule has 102 valence electrons. The molecule has 0 saturated heterocycles. The van der Waals surface area contributed by atoms with Crippen LogP contribution in [0.1, 0.15) is 18.9 Å². The lowest BCUT2D eigenvalue weighted by Crippen LogP contribution is -2.12. The van der Waals surface area contributed by atoms with E-state index in [0.29, 0.717) is 17.7 Å². The molecule has 18 heavy (non-hydrogen) atoms. The predicted octanol–water partition coefficient (Wildman–Crippen LogP) is 1.49. The van der Waals surface area contributed by atoms with Crippen molar-refractivity contribution in [2.24, 2.45) is 5.73 Å². The molecular formula is C12H18FNO3S. The van der Waals surface area contributed by atoms with E-state index in [1.807, 2.05) is 0 Å². The van der Waals surface area contributed by atoms with Gasteiger partial charge in [0.1, 0.15) is 21.4 Å². The van der Waals surface area contributed by atoms with Gasteiger partial charge in [0.15, 0.2) is 0 Å². The Balaban J connectivity index is 2.47. The summed E-state index contributed by atoms with van der Waals surface area (Å²) in [5, 5.41) is 0. The smallest absolute Gasteiger partial charge is 0.150 e. The van der Waals surface area contributed by atoms with E-state index >= 15 is 0 Å². The molecule has 6 heteroatoms. The first kappa shape index (κ1) is 14.9. The third-order valence-electron chi connectivity index (χ3n) is 2.48. The quantitative estimate of drug-likeness (QED) is 0.765. The fraction of sp³-hybridized carbons (Fsp3) is 0.500. The van der Waals surface area contributed by atoms with Gasteiger partial charge in [-0.15, -0.1) is 0 Å². The van der Waals surface area contributed by atoms with Crippen molar-refractivity contribution >= 4 is 9.84 Å². The highest BCUT2D eigenvalue weighted by atomic mass is 32.2. The summed E-state index contributed by atoms with van der Waals surface area (Å²) in [5.41, 5.74) is 6.06. The Morgan fingerprint density at radius 3 is 2.67 bits per heavy atom. The first-order valence-electron chi connectivity index (χ1n) is 5.79. The van der Waals surface area contributed by atoms with E-state index in [2.05, 4.69) is 0 Å². The van der Waals surface area contributed by atoms with Crippen LogP contribution in [0.25, 0.3) is 0 Å². The Bertz CT molecular complexity index is 488. The Hall–Kier alpha value is -1.14. The standard InChI is InChI=1S/C12H18FNO3S/c1-2-18(15,16)5-3-4-17-12-7-10(9-14)6-11(13)8-12/h6-8H,2-5,9,14H2,1H3. The average molecular weight is 275 g/mol. The van der Waals surface area contributed by atoms with Gasteiger partial charge in [0.2, 0.25) is 0 Å². The summed E-state index contributed by atoms with van der Waals surface area (Å²) < 4.78 is 40.9. The lowest BCUT2D eigenvalue weighted by atomic mass is 10.2. The van der Waals surface area contributed by atoms with Crippen LogP contribution in [0.3, 0.4) is 0 Å². The Morgan fingerprint density at radius 1 is 1.33 bits per heavy atom. The molecule has 0 atom stereocenters. The van der Waals surface area contributed by atoms with Crippen LogP contribution in [0.2, 0.25) is 0 Å². The molecule has 0 fully saturated rings. The minimum Gasteiger partial charge on any atom is -0.493 e. The van der Waals surface area contributed by atoms with Gasteiger partial charge in [0.05, 0.1) is 12.4 Å². The lowest BCUT2D eigenvalue weighted by Gasteiger charge is -2.08. The van der Waals surface area contributed by atoms with Gasteiger partial charge in [-0.05, 0) is 24.1 Å². The van der Waals surface area contributed by atoms with Crippen LogP contribution in [0.15, 0.2) is 18.2 Å². The van der Waals surface area contributed by atoms with Gasteiger partial charge in [-0.3, -0.25) is 0 Å². The molecule has 0 amide bonds. The molecule has 0 heterocycles. The molecule has 0 aromatic heterocycles. The highest BCUT2D eigenvalue weighted by Gasteiger charge is 2.07. The molecule has 0 saturated carbocycles. The number of rotatable bonds is 7. The van der Waals surface area contributed by atoms with Crippen LogP contribution in [0.5, 0.6) is 5.75 Å². The topological polar surface area (TPSA) is 69.4 Å². The van der Waals surface area contributed by atoms with E-state index in [1.165, 1.54) is 12.1 Å². The normalized spacial score (nSPS) is 11.5. The maximum absolute atomic E-state index is 13.1. The number of hydrogen-bond donors (Lipinski definition) is 1. The van der Waals surface area contributed by atoms with Crippen molar-refractivity contribution in [3.05, 3.63) is 29.6 Å². The second-order valence-electron chi connectivity index (χ2n) is 3.94. The monoisotopic (exact) mass is 275 g/mol. The SMILES string of the molecule is CCS(=O)(=O)CCCOc1cc(F)cc(CN)c1. The highest BCUT2D eigenvalue weighted by molar-refractivity contribution is 7.91. The van der Waals surface area contributed by atoms with E-state index in [-0.39, 0.29) is 24.7 Å². The third-order valence-corrected chi connectivity index (χ3v) is 4.27. The maximum Gasteiger partial charge on any atom is 0.150 e. The van der Waals surface area contributed by atoms with Gasteiger partial charge < -0.3 is 10.5 Å². The molecule has 0 unspecified atom stereocenters. The highest BCUT2D eigenvalue weighted by Crippen LogP contribution is 2.16. The van der Waals surface area contributed by atoms with E-state index < -0.39 is 15.7 Å². The molecule has 1 rings (SSSR count).